The highest BCUT2D eigenvalue weighted by Gasteiger charge is 2.25. The van der Waals surface area contributed by atoms with Gasteiger partial charge in [0.05, 0.1) is 0 Å². The first kappa shape index (κ1) is 18.6. The number of carbonyl (C=O) groups is 2. The first-order chi connectivity index (χ1) is 11.6. The van der Waals surface area contributed by atoms with E-state index in [0.717, 1.165) is 11.1 Å². The summed E-state index contributed by atoms with van der Waals surface area (Å²) in [5.74, 6) is -0.0328. The quantitative estimate of drug-likeness (QED) is 0.861. The minimum atomic E-state index is -1.15. The number of furan rings is 1. The lowest BCUT2D eigenvalue weighted by atomic mass is 10.1. The van der Waals surface area contributed by atoms with E-state index in [4.69, 9.17) is 9.15 Å². The predicted molar refractivity (Wildman–Crippen MR) is 93.4 cm³/mol. The first-order valence-electron chi connectivity index (χ1n) is 8.02. The average molecular weight is 345 g/mol. The van der Waals surface area contributed by atoms with E-state index >= 15 is 0 Å². The predicted octanol–water partition coefficient (Wildman–Crippen LogP) is 3.78. The number of aliphatic carboxylic acids is 1. The van der Waals surface area contributed by atoms with Gasteiger partial charge in [0.2, 0.25) is 0 Å². The molecule has 0 aliphatic carbocycles. The fourth-order valence-corrected chi connectivity index (χ4v) is 2.21. The maximum Gasteiger partial charge on any atom is 0.408 e. The number of alkyl carbamates (subject to hydrolysis) is 1. The Morgan fingerprint density at radius 2 is 1.80 bits per heavy atom. The van der Waals surface area contributed by atoms with Gasteiger partial charge in [-0.3, -0.25) is 0 Å². The van der Waals surface area contributed by atoms with Crippen molar-refractivity contribution >= 4 is 12.1 Å². The van der Waals surface area contributed by atoms with Crippen molar-refractivity contribution in [3.8, 4) is 11.3 Å². The molecule has 1 atom stereocenters. The highest BCUT2D eigenvalue weighted by atomic mass is 16.6. The van der Waals surface area contributed by atoms with Crippen LogP contribution in [0.25, 0.3) is 11.3 Å². The number of ether oxygens (including phenoxy) is 1. The highest BCUT2D eigenvalue weighted by molar-refractivity contribution is 5.80. The van der Waals surface area contributed by atoms with Gasteiger partial charge in [-0.2, -0.15) is 0 Å². The molecule has 0 saturated carbocycles. The van der Waals surface area contributed by atoms with Crippen molar-refractivity contribution in [1.29, 1.82) is 0 Å². The van der Waals surface area contributed by atoms with Gasteiger partial charge in [-0.15, -0.1) is 0 Å². The van der Waals surface area contributed by atoms with Crippen LogP contribution in [0.5, 0.6) is 0 Å². The molecule has 2 rings (SSSR count). The van der Waals surface area contributed by atoms with Crippen molar-refractivity contribution in [2.75, 3.05) is 0 Å². The third kappa shape index (κ3) is 5.67. The minimum Gasteiger partial charge on any atom is -0.480 e. The van der Waals surface area contributed by atoms with Crippen LogP contribution in [0.15, 0.2) is 40.8 Å². The molecule has 1 amide bonds. The molecule has 2 aromatic rings. The molecule has 2 N–H and O–H groups in total. The fourth-order valence-electron chi connectivity index (χ4n) is 2.21. The van der Waals surface area contributed by atoms with Gasteiger partial charge in [-0.05, 0) is 39.8 Å². The SMILES string of the molecule is Cc1ccc(-c2ccc(CC(NC(=O)OC(C)(C)C)C(=O)O)o2)cc1. The average Bonchev–Trinajstić information content (AvgIpc) is 2.94. The topological polar surface area (TPSA) is 88.8 Å². The second-order valence-corrected chi connectivity index (χ2v) is 6.87. The maximum absolute atomic E-state index is 11.8. The number of hydrogen-bond donors (Lipinski definition) is 2. The maximum atomic E-state index is 11.8. The molecule has 25 heavy (non-hydrogen) atoms. The molecule has 6 nitrogen and oxygen atoms in total. The second-order valence-electron chi connectivity index (χ2n) is 6.87. The summed E-state index contributed by atoms with van der Waals surface area (Å²) in [5.41, 5.74) is 1.35. The standard InChI is InChI=1S/C19H23NO5/c1-12-5-7-13(8-6-12)16-10-9-14(24-16)11-15(17(21)22)20-18(23)25-19(2,3)4/h5-10,15H,11H2,1-4H3,(H,20,23)(H,21,22). The molecule has 134 valence electrons. The van der Waals surface area contributed by atoms with E-state index in [9.17, 15) is 14.7 Å². The van der Waals surface area contributed by atoms with E-state index in [1.165, 1.54) is 0 Å². The third-order valence-electron chi connectivity index (χ3n) is 3.39. The lowest BCUT2D eigenvalue weighted by molar-refractivity contribution is -0.139. The number of benzene rings is 1. The van der Waals surface area contributed by atoms with Crippen LogP contribution in [0, 0.1) is 6.92 Å². The molecular formula is C19H23NO5. The Morgan fingerprint density at radius 3 is 2.36 bits per heavy atom. The molecule has 1 unspecified atom stereocenters. The van der Waals surface area contributed by atoms with Crippen molar-refractivity contribution in [1.82, 2.24) is 5.32 Å². The summed E-state index contributed by atoms with van der Waals surface area (Å²) in [5, 5.41) is 11.7. The van der Waals surface area contributed by atoms with Crippen LogP contribution >= 0.6 is 0 Å². The Labute approximate surface area is 146 Å². The van der Waals surface area contributed by atoms with Gasteiger partial charge in [0.25, 0.3) is 0 Å². The molecule has 1 aromatic carbocycles. The lowest BCUT2D eigenvalue weighted by Gasteiger charge is -2.21. The van der Waals surface area contributed by atoms with E-state index < -0.39 is 23.7 Å². The van der Waals surface area contributed by atoms with Crippen molar-refractivity contribution in [2.24, 2.45) is 0 Å². The number of rotatable bonds is 5. The minimum absolute atomic E-state index is 0.0282. The monoisotopic (exact) mass is 345 g/mol. The summed E-state index contributed by atoms with van der Waals surface area (Å²) < 4.78 is 10.8. The van der Waals surface area contributed by atoms with Gasteiger partial charge in [-0.1, -0.05) is 29.8 Å². The Balaban J connectivity index is 2.06. The van der Waals surface area contributed by atoms with Crippen molar-refractivity contribution < 1.29 is 23.8 Å². The summed E-state index contributed by atoms with van der Waals surface area (Å²) in [6.07, 6.45) is -0.745. The first-order valence-corrected chi connectivity index (χ1v) is 8.02. The summed E-state index contributed by atoms with van der Waals surface area (Å²) in [7, 11) is 0. The number of aryl methyl sites for hydroxylation is 1. The zero-order valence-electron chi connectivity index (χ0n) is 14.8. The molecule has 0 bridgehead atoms. The van der Waals surface area contributed by atoms with Gasteiger partial charge in [0.1, 0.15) is 23.2 Å². The van der Waals surface area contributed by atoms with Crippen molar-refractivity contribution in [3.05, 3.63) is 47.7 Å². The number of carbonyl (C=O) groups excluding carboxylic acids is 1. The number of carboxylic acid groups (broad SMARTS) is 1. The highest BCUT2D eigenvalue weighted by Crippen LogP contribution is 2.23. The van der Waals surface area contributed by atoms with E-state index in [1.807, 2.05) is 31.2 Å². The molecule has 0 aliphatic rings. The summed E-state index contributed by atoms with van der Waals surface area (Å²) >= 11 is 0. The van der Waals surface area contributed by atoms with E-state index in [0.29, 0.717) is 11.5 Å². The van der Waals surface area contributed by atoms with Crippen LogP contribution in [0.3, 0.4) is 0 Å². The normalized spacial score (nSPS) is 12.5. The molecule has 0 saturated heterocycles. The molecule has 0 spiro atoms. The van der Waals surface area contributed by atoms with Crippen LogP contribution in [-0.2, 0) is 16.0 Å². The van der Waals surface area contributed by atoms with Crippen LogP contribution < -0.4 is 5.32 Å². The fraction of sp³-hybridized carbons (Fsp3) is 0.368. The van der Waals surface area contributed by atoms with Gasteiger partial charge < -0.3 is 19.6 Å². The Hall–Kier alpha value is -2.76. The molecule has 0 fully saturated rings. The van der Waals surface area contributed by atoms with E-state index in [-0.39, 0.29) is 6.42 Å². The number of nitrogens with one attached hydrogen (secondary N) is 1. The number of hydrogen-bond acceptors (Lipinski definition) is 4. The molecule has 6 heteroatoms. The molecule has 1 aromatic heterocycles. The Bertz CT molecular complexity index is 740. The number of carboxylic acids is 1. The summed E-state index contributed by atoms with van der Waals surface area (Å²) in [6, 6.07) is 10.2. The van der Waals surface area contributed by atoms with Crippen LogP contribution in [-0.4, -0.2) is 28.8 Å². The van der Waals surface area contributed by atoms with Crippen LogP contribution in [0.2, 0.25) is 0 Å². The summed E-state index contributed by atoms with van der Waals surface area (Å²) in [4.78, 5) is 23.2. The van der Waals surface area contributed by atoms with Crippen molar-refractivity contribution in [2.45, 2.75) is 45.8 Å². The zero-order valence-corrected chi connectivity index (χ0v) is 14.8. The largest absolute Gasteiger partial charge is 0.480 e. The molecule has 1 heterocycles. The van der Waals surface area contributed by atoms with Gasteiger partial charge in [-0.25, -0.2) is 9.59 Å². The van der Waals surface area contributed by atoms with E-state index in [1.54, 1.807) is 32.9 Å². The second kappa shape index (κ2) is 7.42. The zero-order chi connectivity index (χ0) is 18.6. The Kier molecular flexibility index (Phi) is 5.51. The molecule has 0 radical (unpaired) electrons. The van der Waals surface area contributed by atoms with E-state index in [2.05, 4.69) is 5.32 Å². The smallest absolute Gasteiger partial charge is 0.408 e. The van der Waals surface area contributed by atoms with Crippen molar-refractivity contribution in [3.63, 3.8) is 0 Å². The van der Waals surface area contributed by atoms with Gasteiger partial charge in [0.15, 0.2) is 0 Å². The van der Waals surface area contributed by atoms with Crippen LogP contribution in [0.1, 0.15) is 32.1 Å². The third-order valence-corrected chi connectivity index (χ3v) is 3.39. The van der Waals surface area contributed by atoms with Crippen LogP contribution in [0.4, 0.5) is 4.79 Å². The molecular weight excluding hydrogens is 322 g/mol. The lowest BCUT2D eigenvalue weighted by Crippen LogP contribution is -2.44. The Morgan fingerprint density at radius 1 is 1.16 bits per heavy atom. The summed E-state index contributed by atoms with van der Waals surface area (Å²) in [6.45, 7) is 7.13. The molecule has 0 aliphatic heterocycles. The number of amides is 1. The van der Waals surface area contributed by atoms with Gasteiger partial charge >= 0.3 is 12.1 Å². The van der Waals surface area contributed by atoms with Gasteiger partial charge in [0, 0.05) is 12.0 Å².